The van der Waals surface area contributed by atoms with Crippen LogP contribution in [0.1, 0.15) is 32.3 Å². The molecule has 0 saturated heterocycles. The van der Waals surface area contributed by atoms with Crippen LogP contribution in [0.15, 0.2) is 24.3 Å². The van der Waals surface area contributed by atoms with Crippen LogP contribution in [0.25, 0.3) is 0 Å². The van der Waals surface area contributed by atoms with Crippen molar-refractivity contribution < 1.29 is 9.50 Å². The third-order valence-electron chi connectivity index (χ3n) is 2.45. The first-order chi connectivity index (χ1) is 7.09. The predicted molar refractivity (Wildman–Crippen MR) is 60.2 cm³/mol. The lowest BCUT2D eigenvalue weighted by atomic mass is 9.99. The van der Waals surface area contributed by atoms with Gasteiger partial charge < -0.3 is 5.11 Å². The van der Waals surface area contributed by atoms with Gasteiger partial charge in [-0.15, -0.1) is 0 Å². The number of halogens is 1. The van der Waals surface area contributed by atoms with Crippen LogP contribution >= 0.6 is 0 Å². The summed E-state index contributed by atoms with van der Waals surface area (Å²) in [5.74, 6) is 0.315. The number of aryl methyl sites for hydroxylation is 1. The Kier molecular flexibility index (Phi) is 4.76. The van der Waals surface area contributed by atoms with Crippen LogP contribution in [0.2, 0.25) is 0 Å². The van der Waals surface area contributed by atoms with Gasteiger partial charge in [0.2, 0.25) is 0 Å². The van der Waals surface area contributed by atoms with Crippen molar-refractivity contribution >= 4 is 0 Å². The molecule has 1 atom stereocenters. The fraction of sp³-hybridized carbons (Fsp3) is 0.538. The summed E-state index contributed by atoms with van der Waals surface area (Å²) in [6, 6.07) is 6.75. The van der Waals surface area contributed by atoms with Gasteiger partial charge in [-0.3, -0.25) is 0 Å². The largest absolute Gasteiger partial charge is 0.393 e. The Morgan fingerprint density at radius 1 is 1.27 bits per heavy atom. The summed E-state index contributed by atoms with van der Waals surface area (Å²) in [6.45, 7) is 4.15. The van der Waals surface area contributed by atoms with Crippen molar-refractivity contribution in [2.45, 2.75) is 39.2 Å². The quantitative estimate of drug-likeness (QED) is 0.791. The Labute approximate surface area is 90.9 Å². The number of aliphatic hydroxyl groups excluding tert-OH is 1. The first-order valence-electron chi connectivity index (χ1n) is 5.51. The van der Waals surface area contributed by atoms with E-state index in [1.54, 1.807) is 12.1 Å². The molecular weight excluding hydrogens is 191 g/mol. The zero-order chi connectivity index (χ0) is 11.3. The van der Waals surface area contributed by atoms with E-state index in [0.29, 0.717) is 24.3 Å². The molecule has 0 saturated carbocycles. The number of rotatable bonds is 5. The molecule has 1 nitrogen and oxygen atoms in total. The first kappa shape index (κ1) is 12.2. The van der Waals surface area contributed by atoms with Crippen molar-refractivity contribution in [1.29, 1.82) is 0 Å². The van der Waals surface area contributed by atoms with Crippen molar-refractivity contribution in [1.82, 2.24) is 0 Å². The van der Waals surface area contributed by atoms with Gasteiger partial charge in [0.05, 0.1) is 6.10 Å². The van der Waals surface area contributed by atoms with E-state index < -0.39 is 0 Å². The molecule has 0 bridgehead atoms. The predicted octanol–water partition coefficient (Wildman–Crippen LogP) is 3.17. The van der Waals surface area contributed by atoms with Gasteiger partial charge in [0.25, 0.3) is 0 Å². The van der Waals surface area contributed by atoms with E-state index in [1.807, 2.05) is 6.07 Å². The van der Waals surface area contributed by atoms with E-state index in [-0.39, 0.29) is 11.9 Å². The number of aliphatic hydroxyl groups is 1. The number of hydrogen-bond acceptors (Lipinski definition) is 1. The van der Waals surface area contributed by atoms with Crippen molar-refractivity contribution in [3.05, 3.63) is 35.6 Å². The molecule has 1 N–H and O–H groups in total. The van der Waals surface area contributed by atoms with Crippen LogP contribution < -0.4 is 0 Å². The monoisotopic (exact) mass is 210 g/mol. The molecule has 0 spiro atoms. The van der Waals surface area contributed by atoms with Crippen LogP contribution in [-0.2, 0) is 6.42 Å². The minimum atomic E-state index is -0.315. The zero-order valence-corrected chi connectivity index (χ0v) is 9.41. The Morgan fingerprint density at radius 3 is 2.53 bits per heavy atom. The third-order valence-corrected chi connectivity index (χ3v) is 2.45. The summed E-state index contributed by atoms with van der Waals surface area (Å²) < 4.78 is 13.2. The minimum Gasteiger partial charge on any atom is -0.393 e. The van der Waals surface area contributed by atoms with Crippen molar-refractivity contribution in [3.63, 3.8) is 0 Å². The number of hydrogen-bond donors (Lipinski definition) is 1. The third kappa shape index (κ3) is 4.43. The van der Waals surface area contributed by atoms with E-state index >= 15 is 0 Å². The summed E-state index contributed by atoms with van der Waals surface area (Å²) in [7, 11) is 0. The smallest absolute Gasteiger partial charge is 0.126 e. The molecule has 1 aromatic carbocycles. The summed E-state index contributed by atoms with van der Waals surface area (Å²) in [6.07, 6.45) is 1.72. The van der Waals surface area contributed by atoms with Crippen molar-refractivity contribution in [3.8, 4) is 0 Å². The normalized spacial score (nSPS) is 13.1. The van der Waals surface area contributed by atoms with Gasteiger partial charge in [0.1, 0.15) is 5.82 Å². The molecule has 1 unspecified atom stereocenters. The molecule has 1 aromatic rings. The average molecular weight is 210 g/mol. The summed E-state index contributed by atoms with van der Waals surface area (Å²) >= 11 is 0. The van der Waals surface area contributed by atoms with Crippen LogP contribution in [0, 0.1) is 11.7 Å². The Hall–Kier alpha value is -0.890. The fourth-order valence-corrected chi connectivity index (χ4v) is 1.69. The molecule has 0 amide bonds. The van der Waals surface area contributed by atoms with Gasteiger partial charge in [-0.2, -0.15) is 0 Å². The highest BCUT2D eigenvalue weighted by atomic mass is 19.1. The van der Waals surface area contributed by atoms with E-state index in [9.17, 15) is 9.50 Å². The second kappa shape index (κ2) is 5.86. The maximum atomic E-state index is 13.2. The van der Waals surface area contributed by atoms with E-state index in [0.717, 1.165) is 6.42 Å². The van der Waals surface area contributed by atoms with Crippen LogP contribution in [0.4, 0.5) is 4.39 Å². The molecule has 0 aliphatic carbocycles. The topological polar surface area (TPSA) is 20.2 Å². The van der Waals surface area contributed by atoms with Gasteiger partial charge in [-0.1, -0.05) is 32.0 Å². The molecule has 0 radical (unpaired) electrons. The highest BCUT2D eigenvalue weighted by molar-refractivity contribution is 5.17. The summed E-state index contributed by atoms with van der Waals surface area (Å²) in [5.41, 5.74) is 0.695. The van der Waals surface area contributed by atoms with Gasteiger partial charge in [-0.25, -0.2) is 4.39 Å². The van der Waals surface area contributed by atoms with Crippen LogP contribution in [-0.4, -0.2) is 11.2 Å². The van der Waals surface area contributed by atoms with Gasteiger partial charge >= 0.3 is 0 Å². The lowest BCUT2D eigenvalue weighted by Gasteiger charge is -2.12. The van der Waals surface area contributed by atoms with Gasteiger partial charge in [0, 0.05) is 0 Å². The molecule has 84 valence electrons. The highest BCUT2D eigenvalue weighted by Crippen LogP contribution is 2.13. The summed E-state index contributed by atoms with van der Waals surface area (Å²) in [4.78, 5) is 0. The molecule has 0 heterocycles. The molecule has 0 aliphatic rings. The lowest BCUT2D eigenvalue weighted by molar-refractivity contribution is 0.139. The summed E-state index contributed by atoms with van der Waals surface area (Å²) in [5, 5.41) is 9.65. The molecule has 1 rings (SSSR count). The van der Waals surface area contributed by atoms with Gasteiger partial charge in [0.15, 0.2) is 0 Å². The maximum absolute atomic E-state index is 13.2. The molecule has 2 heteroatoms. The average Bonchev–Trinajstić information content (AvgIpc) is 2.15. The van der Waals surface area contributed by atoms with E-state index in [2.05, 4.69) is 13.8 Å². The van der Waals surface area contributed by atoms with Crippen LogP contribution in [0.3, 0.4) is 0 Å². The van der Waals surface area contributed by atoms with E-state index in [1.165, 1.54) is 6.07 Å². The molecule has 15 heavy (non-hydrogen) atoms. The lowest BCUT2D eigenvalue weighted by Crippen LogP contribution is -2.11. The number of benzene rings is 1. The molecule has 0 fully saturated rings. The molecule has 0 aliphatic heterocycles. The Morgan fingerprint density at radius 2 is 1.93 bits per heavy atom. The van der Waals surface area contributed by atoms with E-state index in [4.69, 9.17) is 0 Å². The molecule has 0 aromatic heterocycles. The van der Waals surface area contributed by atoms with Crippen molar-refractivity contribution in [2.75, 3.05) is 0 Å². The van der Waals surface area contributed by atoms with Crippen LogP contribution in [0.5, 0.6) is 0 Å². The van der Waals surface area contributed by atoms with Crippen molar-refractivity contribution in [2.24, 2.45) is 5.92 Å². The maximum Gasteiger partial charge on any atom is 0.126 e. The van der Waals surface area contributed by atoms with Gasteiger partial charge in [-0.05, 0) is 36.8 Å². The molecular formula is C13H19FO. The fourth-order valence-electron chi connectivity index (χ4n) is 1.69. The minimum absolute atomic E-state index is 0.172. The Balaban J connectivity index is 2.40. The SMILES string of the molecule is CC(C)CC(O)CCc1ccccc1F. The highest BCUT2D eigenvalue weighted by Gasteiger charge is 2.08. The first-order valence-corrected chi connectivity index (χ1v) is 5.51. The second-order valence-electron chi connectivity index (χ2n) is 4.41. The Bertz CT molecular complexity index is 296. The zero-order valence-electron chi connectivity index (χ0n) is 9.41. The standard InChI is InChI=1S/C13H19FO/c1-10(2)9-12(15)8-7-11-5-3-4-6-13(11)14/h3-6,10,12,15H,7-9H2,1-2H3. The second-order valence-corrected chi connectivity index (χ2v) is 4.41.